The largest absolute Gasteiger partial charge is 0.422 e. The number of sulfonamides is 1. The van der Waals surface area contributed by atoms with Gasteiger partial charge < -0.3 is 4.74 Å². The van der Waals surface area contributed by atoms with Crippen LogP contribution in [0, 0.1) is 12.7 Å². The van der Waals surface area contributed by atoms with Crippen LogP contribution in [-0.2, 0) is 16.4 Å². The van der Waals surface area contributed by atoms with Gasteiger partial charge in [0.15, 0.2) is 0 Å². The molecule has 1 aromatic heterocycles. The highest BCUT2D eigenvalue weighted by molar-refractivity contribution is 7.89. The van der Waals surface area contributed by atoms with Crippen LogP contribution in [0.1, 0.15) is 27.0 Å². The van der Waals surface area contributed by atoms with Gasteiger partial charge in [-0.1, -0.05) is 25.1 Å². The van der Waals surface area contributed by atoms with Crippen molar-refractivity contribution in [3.63, 3.8) is 0 Å². The van der Waals surface area contributed by atoms with Crippen LogP contribution in [0.15, 0.2) is 53.4 Å². The molecule has 146 valence electrons. The van der Waals surface area contributed by atoms with Crippen molar-refractivity contribution in [2.24, 2.45) is 5.14 Å². The van der Waals surface area contributed by atoms with Gasteiger partial charge in [-0.2, -0.15) is 0 Å². The molecule has 5 nitrogen and oxygen atoms in total. The summed E-state index contributed by atoms with van der Waals surface area (Å²) in [6, 6.07) is 11.4. The Morgan fingerprint density at radius 2 is 1.86 bits per heavy atom. The Morgan fingerprint density at radius 1 is 1.18 bits per heavy atom. The Bertz CT molecular complexity index is 1140. The molecule has 0 saturated carbocycles. The van der Waals surface area contributed by atoms with Crippen LogP contribution in [0.4, 0.5) is 4.39 Å². The SMILES string of the molecule is CCc1sc(C(=O)Oc2cccc(F)c2)c(-c2ccc(S(N)(=O)=O)cc2)c1C. The molecule has 28 heavy (non-hydrogen) atoms. The van der Waals surface area contributed by atoms with Crippen molar-refractivity contribution in [2.45, 2.75) is 25.2 Å². The first kappa shape index (κ1) is 20.2. The number of ether oxygens (including phenoxy) is 1. The van der Waals surface area contributed by atoms with Crippen molar-refractivity contribution in [1.82, 2.24) is 0 Å². The molecule has 0 aliphatic heterocycles. The maximum Gasteiger partial charge on any atom is 0.354 e. The number of esters is 1. The van der Waals surface area contributed by atoms with Gasteiger partial charge in [0.1, 0.15) is 16.4 Å². The molecule has 0 aliphatic carbocycles. The summed E-state index contributed by atoms with van der Waals surface area (Å²) in [5.74, 6) is -0.978. The smallest absolute Gasteiger partial charge is 0.354 e. The van der Waals surface area contributed by atoms with Crippen molar-refractivity contribution in [1.29, 1.82) is 0 Å². The maximum atomic E-state index is 13.4. The standard InChI is InChI=1S/C20H18FNO4S2/c1-3-17-12(2)18(13-7-9-16(10-8-13)28(22,24)25)19(27-17)20(23)26-15-6-4-5-14(21)11-15/h4-11H,3H2,1-2H3,(H2,22,24,25). The molecule has 0 amide bonds. The normalized spacial score (nSPS) is 11.4. The minimum atomic E-state index is -3.81. The van der Waals surface area contributed by atoms with Crippen LogP contribution in [0.5, 0.6) is 5.75 Å². The predicted octanol–water partition coefficient (Wildman–Crippen LogP) is 4.29. The summed E-state index contributed by atoms with van der Waals surface area (Å²) in [5, 5.41) is 5.15. The molecule has 0 aliphatic rings. The lowest BCUT2D eigenvalue weighted by atomic mass is 10.0. The number of benzene rings is 2. The molecule has 0 fully saturated rings. The van der Waals surface area contributed by atoms with Gasteiger partial charge in [0, 0.05) is 16.5 Å². The summed E-state index contributed by atoms with van der Waals surface area (Å²) in [4.78, 5) is 14.2. The summed E-state index contributed by atoms with van der Waals surface area (Å²) in [5.41, 5.74) is 2.26. The zero-order chi connectivity index (χ0) is 20.5. The predicted molar refractivity (Wildman–Crippen MR) is 107 cm³/mol. The number of rotatable bonds is 5. The summed E-state index contributed by atoms with van der Waals surface area (Å²) >= 11 is 1.31. The van der Waals surface area contributed by atoms with E-state index in [1.807, 2.05) is 13.8 Å². The fraction of sp³-hybridized carbons (Fsp3) is 0.150. The molecule has 0 spiro atoms. The number of hydrogen-bond donors (Lipinski definition) is 1. The average molecular weight is 419 g/mol. The van der Waals surface area contributed by atoms with Crippen LogP contribution in [-0.4, -0.2) is 14.4 Å². The summed E-state index contributed by atoms with van der Waals surface area (Å²) in [6.45, 7) is 3.88. The van der Waals surface area contributed by atoms with Gasteiger partial charge in [-0.3, -0.25) is 0 Å². The minimum absolute atomic E-state index is 0.0104. The molecule has 0 saturated heterocycles. The van der Waals surface area contributed by atoms with E-state index >= 15 is 0 Å². The van der Waals surface area contributed by atoms with Crippen LogP contribution in [0.3, 0.4) is 0 Å². The van der Waals surface area contributed by atoms with Gasteiger partial charge in [-0.05, 0) is 48.7 Å². The third-order valence-corrected chi connectivity index (χ3v) is 6.58. The quantitative estimate of drug-likeness (QED) is 0.494. The maximum absolute atomic E-state index is 13.4. The van der Waals surface area contributed by atoms with E-state index in [-0.39, 0.29) is 10.6 Å². The van der Waals surface area contributed by atoms with Gasteiger partial charge in [0.25, 0.3) is 0 Å². The van der Waals surface area contributed by atoms with Crippen molar-refractivity contribution >= 4 is 27.3 Å². The van der Waals surface area contributed by atoms with Gasteiger partial charge in [0.2, 0.25) is 10.0 Å². The summed E-state index contributed by atoms with van der Waals surface area (Å²) in [7, 11) is -3.81. The molecule has 1 heterocycles. The fourth-order valence-corrected chi connectivity index (χ4v) is 4.54. The van der Waals surface area contributed by atoms with E-state index in [0.717, 1.165) is 22.9 Å². The zero-order valence-corrected chi connectivity index (χ0v) is 16.9. The highest BCUT2D eigenvalue weighted by Gasteiger charge is 2.23. The van der Waals surface area contributed by atoms with E-state index in [1.165, 1.54) is 41.7 Å². The van der Waals surface area contributed by atoms with Crippen molar-refractivity contribution in [2.75, 3.05) is 0 Å². The van der Waals surface area contributed by atoms with Crippen LogP contribution in [0.2, 0.25) is 0 Å². The Kier molecular flexibility index (Phi) is 5.64. The molecular weight excluding hydrogens is 401 g/mol. The third kappa shape index (κ3) is 4.14. The lowest BCUT2D eigenvalue weighted by Crippen LogP contribution is -2.12. The second-order valence-corrected chi connectivity index (χ2v) is 8.79. The van der Waals surface area contributed by atoms with Gasteiger partial charge >= 0.3 is 5.97 Å². The van der Waals surface area contributed by atoms with E-state index < -0.39 is 21.8 Å². The van der Waals surface area contributed by atoms with E-state index in [0.29, 0.717) is 16.0 Å². The van der Waals surface area contributed by atoms with E-state index in [9.17, 15) is 17.6 Å². The van der Waals surface area contributed by atoms with Crippen LogP contribution >= 0.6 is 11.3 Å². The Hall–Kier alpha value is -2.55. The minimum Gasteiger partial charge on any atom is -0.422 e. The number of thiophene rings is 1. The zero-order valence-electron chi connectivity index (χ0n) is 15.2. The van der Waals surface area contributed by atoms with E-state index in [4.69, 9.17) is 9.88 Å². The third-order valence-electron chi connectivity index (χ3n) is 4.23. The Morgan fingerprint density at radius 3 is 2.43 bits per heavy atom. The molecule has 2 aromatic carbocycles. The highest BCUT2D eigenvalue weighted by Crippen LogP contribution is 2.37. The van der Waals surface area contributed by atoms with Crippen LogP contribution < -0.4 is 9.88 Å². The Labute approximate surface area is 166 Å². The van der Waals surface area contributed by atoms with Gasteiger partial charge in [-0.15, -0.1) is 11.3 Å². The molecule has 0 radical (unpaired) electrons. The van der Waals surface area contributed by atoms with Gasteiger partial charge in [-0.25, -0.2) is 22.7 Å². The first-order chi connectivity index (χ1) is 13.2. The summed E-state index contributed by atoms with van der Waals surface area (Å²) < 4.78 is 41.7. The van der Waals surface area contributed by atoms with E-state index in [1.54, 1.807) is 12.1 Å². The average Bonchev–Trinajstić information content (AvgIpc) is 2.97. The molecule has 0 atom stereocenters. The van der Waals surface area contributed by atoms with Crippen molar-refractivity contribution in [3.8, 4) is 16.9 Å². The topological polar surface area (TPSA) is 86.5 Å². The van der Waals surface area contributed by atoms with Crippen LogP contribution in [0.25, 0.3) is 11.1 Å². The van der Waals surface area contributed by atoms with Crippen molar-refractivity contribution in [3.05, 3.63) is 69.7 Å². The number of halogens is 1. The second kappa shape index (κ2) is 7.83. The molecule has 8 heteroatoms. The van der Waals surface area contributed by atoms with E-state index in [2.05, 4.69) is 0 Å². The molecule has 2 N–H and O–H groups in total. The number of hydrogen-bond acceptors (Lipinski definition) is 5. The lowest BCUT2D eigenvalue weighted by Gasteiger charge is -2.08. The van der Waals surface area contributed by atoms with Gasteiger partial charge in [0.05, 0.1) is 4.90 Å². The fourth-order valence-electron chi connectivity index (χ4n) is 2.88. The first-order valence-corrected chi connectivity index (χ1v) is 10.8. The highest BCUT2D eigenvalue weighted by atomic mass is 32.2. The molecule has 0 unspecified atom stereocenters. The number of carbonyl (C=O) groups is 1. The summed E-state index contributed by atoms with van der Waals surface area (Å²) in [6.07, 6.45) is 0.728. The first-order valence-electron chi connectivity index (χ1n) is 8.44. The number of primary sulfonamides is 1. The molecule has 3 rings (SSSR count). The molecule has 3 aromatic rings. The van der Waals surface area contributed by atoms with Crippen molar-refractivity contribution < 1.29 is 22.3 Å². The Balaban J connectivity index is 2.04. The second-order valence-electron chi connectivity index (χ2n) is 6.12. The molecular formula is C20H18FNO4S2. The monoisotopic (exact) mass is 419 g/mol. The molecule has 0 bridgehead atoms. The lowest BCUT2D eigenvalue weighted by molar-refractivity contribution is 0.0740. The number of carbonyl (C=O) groups excluding carboxylic acids is 1. The number of aryl methyl sites for hydroxylation is 1. The number of nitrogens with two attached hydrogens (primary N) is 1.